The van der Waals surface area contributed by atoms with Crippen molar-refractivity contribution in [2.75, 3.05) is 25.2 Å². The second-order valence-corrected chi connectivity index (χ2v) is 5.88. The van der Waals surface area contributed by atoms with Gasteiger partial charge >= 0.3 is 0 Å². The molecule has 0 unspecified atom stereocenters. The molecule has 0 spiro atoms. The fraction of sp³-hybridized carbons (Fsp3) is 0.455. The molecule has 0 atom stereocenters. The molecule has 0 aromatic heterocycles. The minimum absolute atomic E-state index is 0.0317. The van der Waals surface area contributed by atoms with Crippen LogP contribution in [0.2, 0.25) is 0 Å². The van der Waals surface area contributed by atoms with Gasteiger partial charge in [-0.2, -0.15) is 0 Å². The first-order valence-corrected chi connectivity index (χ1v) is 7.17. The third kappa shape index (κ3) is 4.63. The van der Waals surface area contributed by atoms with Gasteiger partial charge in [0.25, 0.3) is 0 Å². The van der Waals surface area contributed by atoms with E-state index in [1.807, 2.05) is 24.3 Å². The molecule has 0 radical (unpaired) electrons. The summed E-state index contributed by atoms with van der Waals surface area (Å²) >= 11 is 0. The van der Waals surface area contributed by atoms with Crippen LogP contribution in [0.3, 0.4) is 0 Å². The Balaban J connectivity index is 2.59. The molecule has 4 nitrogen and oxygen atoms in total. The molecule has 1 rings (SSSR count). The number of sulfone groups is 1. The van der Waals surface area contributed by atoms with E-state index < -0.39 is 9.84 Å². The van der Waals surface area contributed by atoms with E-state index in [0.29, 0.717) is 6.54 Å². The van der Waals surface area contributed by atoms with Gasteiger partial charge in [0, 0.05) is 6.26 Å². The smallest absolute Gasteiger partial charge is 0.150 e. The first-order chi connectivity index (χ1) is 7.53. The third-order valence-corrected chi connectivity index (χ3v) is 3.01. The van der Waals surface area contributed by atoms with E-state index in [4.69, 9.17) is 10.5 Å². The van der Waals surface area contributed by atoms with E-state index in [1.54, 1.807) is 0 Å². The minimum atomic E-state index is -2.97. The van der Waals surface area contributed by atoms with Crippen LogP contribution in [0.25, 0.3) is 0 Å². The summed E-state index contributed by atoms with van der Waals surface area (Å²) in [6.45, 7) is 0.729. The van der Waals surface area contributed by atoms with Crippen molar-refractivity contribution in [3.05, 3.63) is 29.8 Å². The Morgan fingerprint density at radius 3 is 2.62 bits per heavy atom. The Labute approximate surface area is 96.3 Å². The quantitative estimate of drug-likeness (QED) is 0.795. The van der Waals surface area contributed by atoms with Gasteiger partial charge in [0.05, 0.1) is 5.75 Å². The van der Waals surface area contributed by atoms with Crippen LogP contribution in [-0.4, -0.2) is 33.6 Å². The average molecular weight is 243 g/mol. The lowest BCUT2D eigenvalue weighted by Crippen LogP contribution is -2.13. The lowest BCUT2D eigenvalue weighted by atomic mass is 10.1. The van der Waals surface area contributed by atoms with Crippen molar-refractivity contribution >= 4 is 9.84 Å². The number of hydrogen-bond acceptors (Lipinski definition) is 4. The summed E-state index contributed by atoms with van der Waals surface area (Å²) in [5.41, 5.74) is 6.49. The van der Waals surface area contributed by atoms with Crippen LogP contribution in [0.4, 0.5) is 0 Å². The monoisotopic (exact) mass is 243 g/mol. The summed E-state index contributed by atoms with van der Waals surface area (Å²) in [5, 5.41) is 0. The maximum atomic E-state index is 10.9. The van der Waals surface area contributed by atoms with E-state index >= 15 is 0 Å². The number of para-hydroxylation sites is 1. The highest BCUT2D eigenvalue weighted by atomic mass is 32.2. The van der Waals surface area contributed by atoms with E-state index in [0.717, 1.165) is 17.7 Å². The lowest BCUT2D eigenvalue weighted by Gasteiger charge is -2.10. The standard InChI is InChI=1S/C11H17NO3S/c1-16(13,14)9-8-15-11-5-3-2-4-10(11)6-7-12/h2-5H,6-9,12H2,1H3. The van der Waals surface area contributed by atoms with Crippen LogP contribution in [-0.2, 0) is 16.3 Å². The molecule has 90 valence electrons. The molecule has 1 aromatic rings. The highest BCUT2D eigenvalue weighted by molar-refractivity contribution is 7.90. The molecule has 1 aromatic carbocycles. The molecule has 16 heavy (non-hydrogen) atoms. The van der Waals surface area contributed by atoms with Gasteiger partial charge in [-0.25, -0.2) is 8.42 Å². The van der Waals surface area contributed by atoms with E-state index in [9.17, 15) is 8.42 Å². The summed E-state index contributed by atoms with van der Waals surface area (Å²) in [6, 6.07) is 7.53. The van der Waals surface area contributed by atoms with E-state index in [2.05, 4.69) is 0 Å². The summed E-state index contributed by atoms with van der Waals surface area (Å²) < 4.78 is 27.3. The van der Waals surface area contributed by atoms with Gasteiger partial charge in [0.2, 0.25) is 0 Å². The molecule has 0 bridgehead atoms. The highest BCUT2D eigenvalue weighted by Gasteiger charge is 2.05. The zero-order valence-electron chi connectivity index (χ0n) is 9.35. The van der Waals surface area contributed by atoms with Gasteiger partial charge in [0.15, 0.2) is 9.84 Å². The maximum Gasteiger partial charge on any atom is 0.150 e. The van der Waals surface area contributed by atoms with Crippen molar-refractivity contribution < 1.29 is 13.2 Å². The molecule has 2 N–H and O–H groups in total. The molecule has 0 heterocycles. The van der Waals surface area contributed by atoms with Gasteiger partial charge in [-0.05, 0) is 24.6 Å². The van der Waals surface area contributed by atoms with Crippen LogP contribution in [0.1, 0.15) is 5.56 Å². The molecular formula is C11H17NO3S. The number of rotatable bonds is 6. The fourth-order valence-corrected chi connectivity index (χ4v) is 1.70. The molecule has 0 amide bonds. The van der Waals surface area contributed by atoms with Crippen LogP contribution in [0.5, 0.6) is 5.75 Å². The van der Waals surface area contributed by atoms with Crippen molar-refractivity contribution in [2.24, 2.45) is 5.73 Å². The predicted octanol–water partition coefficient (Wildman–Crippen LogP) is 0.611. The Morgan fingerprint density at radius 2 is 2.00 bits per heavy atom. The van der Waals surface area contributed by atoms with Crippen LogP contribution in [0.15, 0.2) is 24.3 Å². The summed E-state index contributed by atoms with van der Waals surface area (Å²) in [5.74, 6) is 0.751. The molecule has 0 saturated heterocycles. The fourth-order valence-electron chi connectivity index (χ4n) is 1.31. The van der Waals surface area contributed by atoms with Gasteiger partial charge in [0.1, 0.15) is 12.4 Å². The summed E-state index contributed by atoms with van der Waals surface area (Å²) in [6.07, 6.45) is 1.93. The second-order valence-electron chi connectivity index (χ2n) is 3.62. The molecule has 0 saturated carbocycles. The molecule has 5 heteroatoms. The molecule has 0 aliphatic carbocycles. The number of hydrogen-bond donors (Lipinski definition) is 1. The van der Waals surface area contributed by atoms with Gasteiger partial charge in [-0.1, -0.05) is 18.2 Å². The lowest BCUT2D eigenvalue weighted by molar-refractivity contribution is 0.337. The van der Waals surface area contributed by atoms with E-state index in [-0.39, 0.29) is 12.4 Å². The Bertz CT molecular complexity index is 429. The molecular weight excluding hydrogens is 226 g/mol. The zero-order valence-corrected chi connectivity index (χ0v) is 10.2. The van der Waals surface area contributed by atoms with Gasteiger partial charge < -0.3 is 10.5 Å². The summed E-state index contributed by atoms with van der Waals surface area (Å²) in [7, 11) is -2.97. The Morgan fingerprint density at radius 1 is 1.31 bits per heavy atom. The highest BCUT2D eigenvalue weighted by Crippen LogP contribution is 2.17. The summed E-state index contributed by atoms with van der Waals surface area (Å²) in [4.78, 5) is 0. The largest absolute Gasteiger partial charge is 0.492 e. The van der Waals surface area contributed by atoms with Crippen LogP contribution >= 0.6 is 0 Å². The van der Waals surface area contributed by atoms with Crippen LogP contribution < -0.4 is 10.5 Å². The normalized spacial score (nSPS) is 11.4. The molecule has 0 aliphatic heterocycles. The van der Waals surface area contributed by atoms with Crippen molar-refractivity contribution in [1.82, 2.24) is 0 Å². The van der Waals surface area contributed by atoms with Gasteiger partial charge in [-0.3, -0.25) is 0 Å². The van der Waals surface area contributed by atoms with Crippen molar-refractivity contribution in [2.45, 2.75) is 6.42 Å². The SMILES string of the molecule is CS(=O)(=O)CCOc1ccccc1CCN. The predicted molar refractivity (Wildman–Crippen MR) is 64.4 cm³/mol. The maximum absolute atomic E-state index is 10.9. The first kappa shape index (κ1) is 13.0. The Kier molecular flexibility index (Phi) is 4.76. The molecule has 0 fully saturated rings. The Hall–Kier alpha value is -1.07. The van der Waals surface area contributed by atoms with Crippen LogP contribution in [0, 0.1) is 0 Å². The number of benzene rings is 1. The first-order valence-electron chi connectivity index (χ1n) is 5.11. The number of nitrogens with two attached hydrogens (primary N) is 1. The number of ether oxygens (including phenoxy) is 1. The second kappa shape index (κ2) is 5.86. The molecule has 0 aliphatic rings. The topological polar surface area (TPSA) is 69.4 Å². The average Bonchev–Trinajstić information content (AvgIpc) is 2.19. The van der Waals surface area contributed by atoms with Crippen molar-refractivity contribution in [3.8, 4) is 5.75 Å². The zero-order chi connectivity index (χ0) is 12.0. The van der Waals surface area contributed by atoms with Gasteiger partial charge in [-0.15, -0.1) is 0 Å². The van der Waals surface area contributed by atoms with Crippen molar-refractivity contribution in [3.63, 3.8) is 0 Å². The minimum Gasteiger partial charge on any atom is -0.492 e. The van der Waals surface area contributed by atoms with E-state index in [1.165, 1.54) is 6.26 Å². The van der Waals surface area contributed by atoms with Crippen molar-refractivity contribution in [1.29, 1.82) is 0 Å². The third-order valence-electron chi connectivity index (χ3n) is 2.10.